The van der Waals surface area contributed by atoms with Crippen molar-refractivity contribution in [2.75, 3.05) is 0 Å². The van der Waals surface area contributed by atoms with Crippen LogP contribution in [-0.2, 0) is 0 Å². The van der Waals surface area contributed by atoms with Crippen LogP contribution in [0.1, 0.15) is 0 Å². The Bertz CT molecular complexity index is 428. The smallest absolute Gasteiger partial charge is 0.203 e. The maximum atomic E-state index is 13.0. The van der Waals surface area contributed by atoms with Crippen LogP contribution in [-0.4, -0.2) is 20.4 Å². The fraction of sp³-hybridized carbons (Fsp3) is 0. The molecule has 6 heteroatoms. The van der Waals surface area contributed by atoms with Gasteiger partial charge < -0.3 is 0 Å². The van der Waals surface area contributed by atoms with Crippen LogP contribution < -0.4 is 0 Å². The molecule has 70 valence electrons. The number of rotatable bonds is 1. The van der Waals surface area contributed by atoms with Crippen molar-refractivity contribution < 1.29 is 4.39 Å². The maximum Gasteiger partial charge on any atom is 0.203 e. The second-order valence-electron chi connectivity index (χ2n) is 2.53. The zero-order chi connectivity index (χ0) is 9.97. The Morgan fingerprint density at radius 3 is 2.43 bits per heavy atom. The topological polar surface area (TPSA) is 51.6 Å². The normalized spacial score (nSPS) is 10.1. The number of hydrogen-bond acceptors (Lipinski definition) is 4. The van der Waals surface area contributed by atoms with E-state index in [0.29, 0.717) is 11.4 Å². The van der Waals surface area contributed by atoms with Crippen LogP contribution in [0.25, 0.3) is 11.4 Å². The molecule has 0 N–H and O–H groups in total. The van der Waals surface area contributed by atoms with E-state index >= 15 is 0 Å². The molecular weight excluding hydrogens is 298 g/mol. The summed E-state index contributed by atoms with van der Waals surface area (Å²) in [4.78, 5) is 0. The Labute approximate surface area is 92.7 Å². The maximum absolute atomic E-state index is 13.0. The molecular formula is C8H4FIN4. The first-order chi connectivity index (χ1) is 6.75. The van der Waals surface area contributed by atoms with Crippen LogP contribution in [0.3, 0.4) is 0 Å². The SMILES string of the molecule is Fc1cc(I)cc(-c2nncnn2)c1. The summed E-state index contributed by atoms with van der Waals surface area (Å²) in [6.45, 7) is 0. The molecule has 0 aliphatic carbocycles. The highest BCUT2D eigenvalue weighted by atomic mass is 127. The molecule has 0 fully saturated rings. The zero-order valence-corrected chi connectivity index (χ0v) is 9.01. The van der Waals surface area contributed by atoms with Crippen molar-refractivity contribution in [2.45, 2.75) is 0 Å². The molecule has 1 heterocycles. The lowest BCUT2D eigenvalue weighted by Crippen LogP contribution is -1.94. The lowest BCUT2D eigenvalue weighted by molar-refractivity contribution is 0.627. The van der Waals surface area contributed by atoms with Crippen LogP contribution >= 0.6 is 22.6 Å². The van der Waals surface area contributed by atoms with Gasteiger partial charge in [0.2, 0.25) is 5.82 Å². The molecule has 0 radical (unpaired) electrons. The van der Waals surface area contributed by atoms with Crippen molar-refractivity contribution in [1.29, 1.82) is 0 Å². The standard InChI is InChI=1S/C8H4FIN4/c9-6-1-5(2-7(10)3-6)8-13-11-4-12-14-8/h1-4H. The number of aromatic nitrogens is 4. The molecule has 0 aliphatic rings. The minimum Gasteiger partial charge on any atom is -0.207 e. The molecule has 4 nitrogen and oxygen atoms in total. The summed E-state index contributed by atoms with van der Waals surface area (Å²) in [5.41, 5.74) is 0.579. The third-order valence-corrected chi connectivity index (χ3v) is 2.15. The largest absolute Gasteiger partial charge is 0.207 e. The number of nitrogens with zero attached hydrogens (tertiary/aromatic N) is 4. The minimum atomic E-state index is -0.320. The Hall–Kier alpha value is -1.18. The van der Waals surface area contributed by atoms with E-state index in [2.05, 4.69) is 20.4 Å². The van der Waals surface area contributed by atoms with Gasteiger partial charge in [-0.25, -0.2) is 4.39 Å². The van der Waals surface area contributed by atoms with E-state index in [9.17, 15) is 4.39 Å². The zero-order valence-electron chi connectivity index (χ0n) is 6.85. The lowest BCUT2D eigenvalue weighted by Gasteiger charge is -1.98. The first kappa shape index (κ1) is 9.38. The van der Waals surface area contributed by atoms with E-state index in [1.807, 2.05) is 22.6 Å². The van der Waals surface area contributed by atoms with E-state index in [0.717, 1.165) is 3.57 Å². The summed E-state index contributed by atoms with van der Waals surface area (Å²) < 4.78 is 13.8. The summed E-state index contributed by atoms with van der Waals surface area (Å²) in [6.07, 6.45) is 1.23. The molecule has 1 aromatic carbocycles. The van der Waals surface area contributed by atoms with Gasteiger partial charge in [-0.2, -0.15) is 0 Å². The van der Waals surface area contributed by atoms with E-state index < -0.39 is 0 Å². The van der Waals surface area contributed by atoms with E-state index in [-0.39, 0.29) is 5.82 Å². The summed E-state index contributed by atoms with van der Waals surface area (Å²) in [7, 11) is 0. The molecule has 14 heavy (non-hydrogen) atoms. The van der Waals surface area contributed by atoms with Gasteiger partial charge in [0.25, 0.3) is 0 Å². The summed E-state index contributed by atoms with van der Waals surface area (Å²) >= 11 is 2.02. The minimum absolute atomic E-state index is 0.320. The van der Waals surface area contributed by atoms with Crippen molar-refractivity contribution in [3.05, 3.63) is 33.9 Å². The van der Waals surface area contributed by atoms with Crippen LogP contribution in [0.2, 0.25) is 0 Å². The molecule has 0 atom stereocenters. The monoisotopic (exact) mass is 302 g/mol. The van der Waals surface area contributed by atoms with Crippen LogP contribution in [0.5, 0.6) is 0 Å². The summed E-state index contributed by atoms with van der Waals surface area (Å²) in [6, 6.07) is 4.54. The molecule has 0 aliphatic heterocycles. The molecule has 0 saturated heterocycles. The van der Waals surface area contributed by atoms with Crippen molar-refractivity contribution >= 4 is 22.6 Å². The summed E-state index contributed by atoms with van der Waals surface area (Å²) in [5, 5.41) is 14.6. The molecule has 2 aromatic rings. The van der Waals surface area contributed by atoms with Gasteiger partial charge in [0.1, 0.15) is 5.82 Å². The third kappa shape index (κ3) is 2.00. The highest BCUT2D eigenvalue weighted by molar-refractivity contribution is 14.1. The van der Waals surface area contributed by atoms with Crippen molar-refractivity contribution in [1.82, 2.24) is 20.4 Å². The highest BCUT2D eigenvalue weighted by Crippen LogP contribution is 2.18. The van der Waals surface area contributed by atoms with Crippen LogP contribution in [0, 0.1) is 9.39 Å². The average Bonchev–Trinajstić information content (AvgIpc) is 2.18. The van der Waals surface area contributed by atoms with Gasteiger partial charge in [0, 0.05) is 9.13 Å². The predicted molar refractivity (Wildman–Crippen MR) is 55.7 cm³/mol. The summed E-state index contributed by atoms with van der Waals surface area (Å²) in [5.74, 6) is 0.00395. The Morgan fingerprint density at radius 1 is 1.07 bits per heavy atom. The molecule has 0 saturated carbocycles. The van der Waals surface area contributed by atoms with Gasteiger partial charge in [-0.15, -0.1) is 20.4 Å². The molecule has 0 amide bonds. The Kier molecular flexibility index (Phi) is 2.62. The van der Waals surface area contributed by atoms with Crippen molar-refractivity contribution in [2.24, 2.45) is 0 Å². The molecule has 0 unspecified atom stereocenters. The first-order valence-electron chi connectivity index (χ1n) is 3.72. The fourth-order valence-corrected chi connectivity index (χ4v) is 1.64. The van der Waals surface area contributed by atoms with Crippen LogP contribution in [0.4, 0.5) is 4.39 Å². The van der Waals surface area contributed by atoms with Gasteiger partial charge in [0.05, 0.1) is 0 Å². The molecule has 2 rings (SSSR count). The highest BCUT2D eigenvalue weighted by Gasteiger charge is 2.04. The van der Waals surface area contributed by atoms with E-state index in [1.165, 1.54) is 18.5 Å². The number of halogens is 2. The van der Waals surface area contributed by atoms with Gasteiger partial charge in [-0.3, -0.25) is 0 Å². The van der Waals surface area contributed by atoms with Gasteiger partial charge >= 0.3 is 0 Å². The fourth-order valence-electron chi connectivity index (χ4n) is 1.00. The van der Waals surface area contributed by atoms with Gasteiger partial charge in [-0.1, -0.05) is 0 Å². The average molecular weight is 302 g/mol. The van der Waals surface area contributed by atoms with Crippen molar-refractivity contribution in [3.63, 3.8) is 0 Å². The first-order valence-corrected chi connectivity index (χ1v) is 4.80. The van der Waals surface area contributed by atoms with Crippen molar-refractivity contribution in [3.8, 4) is 11.4 Å². The predicted octanol–water partition coefficient (Wildman–Crippen LogP) is 1.68. The molecule has 0 spiro atoms. The van der Waals surface area contributed by atoms with Crippen LogP contribution in [0.15, 0.2) is 24.5 Å². The second kappa shape index (κ2) is 3.91. The Balaban J connectivity index is 2.52. The van der Waals surface area contributed by atoms with Gasteiger partial charge in [0.15, 0.2) is 6.33 Å². The quantitative estimate of drug-likeness (QED) is 0.752. The number of hydrogen-bond donors (Lipinski definition) is 0. The second-order valence-corrected chi connectivity index (χ2v) is 3.77. The molecule has 0 bridgehead atoms. The Morgan fingerprint density at radius 2 is 1.79 bits per heavy atom. The third-order valence-electron chi connectivity index (χ3n) is 1.53. The lowest BCUT2D eigenvalue weighted by atomic mass is 10.2. The van der Waals surface area contributed by atoms with Gasteiger partial charge in [-0.05, 0) is 40.8 Å². The molecule has 1 aromatic heterocycles. The van der Waals surface area contributed by atoms with E-state index in [1.54, 1.807) is 6.07 Å². The number of benzene rings is 1. The van der Waals surface area contributed by atoms with E-state index in [4.69, 9.17) is 0 Å².